The third-order valence-electron chi connectivity index (χ3n) is 2.07. The van der Waals surface area contributed by atoms with Gasteiger partial charge in [0.05, 0.1) is 6.20 Å². The zero-order chi connectivity index (χ0) is 12.4. The SMILES string of the molecule is Cc1cnc(C(C)Nc2nc(N)cc(Br)n2)o1. The normalized spacial score (nSPS) is 12.4. The minimum Gasteiger partial charge on any atom is -0.444 e. The number of halogens is 1. The van der Waals surface area contributed by atoms with E-state index in [2.05, 4.69) is 36.2 Å². The summed E-state index contributed by atoms with van der Waals surface area (Å²) in [6.45, 7) is 3.75. The van der Waals surface area contributed by atoms with Crippen LogP contribution in [-0.4, -0.2) is 15.0 Å². The molecule has 0 aliphatic carbocycles. The average Bonchev–Trinajstić information content (AvgIpc) is 2.63. The van der Waals surface area contributed by atoms with Gasteiger partial charge in [0, 0.05) is 6.07 Å². The molecule has 2 rings (SSSR count). The predicted octanol–water partition coefficient (Wildman–Crippen LogP) is 2.29. The van der Waals surface area contributed by atoms with Gasteiger partial charge < -0.3 is 15.5 Å². The second-order valence-corrected chi connectivity index (χ2v) is 4.43. The van der Waals surface area contributed by atoms with Crippen LogP contribution in [0.5, 0.6) is 0 Å². The number of nitrogen functional groups attached to an aromatic ring is 1. The summed E-state index contributed by atoms with van der Waals surface area (Å²) in [6, 6.07) is 1.50. The van der Waals surface area contributed by atoms with Crippen molar-refractivity contribution in [1.82, 2.24) is 15.0 Å². The smallest absolute Gasteiger partial charge is 0.226 e. The number of nitrogens with one attached hydrogen (secondary N) is 1. The molecule has 0 amide bonds. The maximum atomic E-state index is 5.62. The van der Waals surface area contributed by atoms with Crippen molar-refractivity contribution < 1.29 is 4.42 Å². The van der Waals surface area contributed by atoms with Crippen LogP contribution in [0.4, 0.5) is 11.8 Å². The first-order valence-corrected chi connectivity index (χ1v) is 5.83. The molecule has 0 fully saturated rings. The fourth-order valence-electron chi connectivity index (χ4n) is 1.33. The summed E-state index contributed by atoms with van der Waals surface area (Å²) in [6.07, 6.45) is 1.67. The lowest BCUT2D eigenvalue weighted by atomic mass is 10.3. The Kier molecular flexibility index (Phi) is 3.28. The predicted molar refractivity (Wildman–Crippen MR) is 67.4 cm³/mol. The van der Waals surface area contributed by atoms with E-state index in [0.29, 0.717) is 22.3 Å². The lowest BCUT2D eigenvalue weighted by molar-refractivity contribution is 0.453. The summed E-state index contributed by atoms with van der Waals surface area (Å²) in [7, 11) is 0. The molecular formula is C10H12BrN5O. The number of aromatic nitrogens is 3. The number of rotatable bonds is 3. The van der Waals surface area contributed by atoms with Gasteiger partial charge >= 0.3 is 0 Å². The van der Waals surface area contributed by atoms with E-state index in [-0.39, 0.29) is 6.04 Å². The average molecular weight is 298 g/mol. The molecule has 0 aromatic carbocycles. The lowest BCUT2D eigenvalue weighted by Gasteiger charge is -2.10. The van der Waals surface area contributed by atoms with Crippen molar-refractivity contribution in [2.45, 2.75) is 19.9 Å². The second-order valence-electron chi connectivity index (χ2n) is 3.61. The number of nitrogens with two attached hydrogens (primary N) is 1. The van der Waals surface area contributed by atoms with E-state index in [1.165, 1.54) is 0 Å². The minimum absolute atomic E-state index is 0.127. The van der Waals surface area contributed by atoms with Crippen molar-refractivity contribution in [1.29, 1.82) is 0 Å². The lowest BCUT2D eigenvalue weighted by Crippen LogP contribution is -2.10. The Labute approximate surface area is 107 Å². The van der Waals surface area contributed by atoms with Crippen LogP contribution in [0.3, 0.4) is 0 Å². The largest absolute Gasteiger partial charge is 0.444 e. The summed E-state index contributed by atoms with van der Waals surface area (Å²) in [5.74, 6) is 2.18. The molecule has 0 saturated carbocycles. The van der Waals surface area contributed by atoms with Gasteiger partial charge in [0.15, 0.2) is 0 Å². The van der Waals surface area contributed by atoms with Gasteiger partial charge in [-0.2, -0.15) is 4.98 Å². The quantitative estimate of drug-likeness (QED) is 0.845. The number of anilines is 2. The van der Waals surface area contributed by atoms with E-state index >= 15 is 0 Å². The summed E-state index contributed by atoms with van der Waals surface area (Å²) in [5.41, 5.74) is 5.62. The molecule has 6 nitrogen and oxygen atoms in total. The first kappa shape index (κ1) is 11.8. The molecule has 0 spiro atoms. The molecule has 2 aromatic rings. The van der Waals surface area contributed by atoms with Crippen LogP contribution < -0.4 is 11.1 Å². The Morgan fingerprint density at radius 1 is 1.47 bits per heavy atom. The second kappa shape index (κ2) is 4.70. The van der Waals surface area contributed by atoms with Crippen LogP contribution in [0.25, 0.3) is 0 Å². The van der Waals surface area contributed by atoms with Crippen molar-refractivity contribution >= 4 is 27.7 Å². The number of hydrogen-bond donors (Lipinski definition) is 2. The fraction of sp³-hybridized carbons (Fsp3) is 0.300. The van der Waals surface area contributed by atoms with E-state index < -0.39 is 0 Å². The van der Waals surface area contributed by atoms with Gasteiger partial charge in [0.2, 0.25) is 11.8 Å². The summed E-state index contributed by atoms with van der Waals surface area (Å²) in [4.78, 5) is 12.3. The van der Waals surface area contributed by atoms with Gasteiger partial charge in [-0.25, -0.2) is 9.97 Å². The molecule has 0 saturated heterocycles. The van der Waals surface area contributed by atoms with Crippen LogP contribution in [0.15, 0.2) is 21.3 Å². The first-order valence-electron chi connectivity index (χ1n) is 5.03. The molecular weight excluding hydrogens is 286 g/mol. The van der Waals surface area contributed by atoms with Crippen LogP contribution >= 0.6 is 15.9 Å². The molecule has 2 heterocycles. The number of aryl methyl sites for hydroxylation is 1. The van der Waals surface area contributed by atoms with Gasteiger partial charge in [-0.15, -0.1) is 0 Å². The van der Waals surface area contributed by atoms with E-state index in [4.69, 9.17) is 10.2 Å². The Hall–Kier alpha value is -1.63. The third-order valence-corrected chi connectivity index (χ3v) is 2.48. The molecule has 0 radical (unpaired) electrons. The molecule has 1 atom stereocenters. The summed E-state index contributed by atoms with van der Waals surface area (Å²) < 4.78 is 6.03. The van der Waals surface area contributed by atoms with Gasteiger partial charge in [0.25, 0.3) is 0 Å². The van der Waals surface area contributed by atoms with Gasteiger partial charge in [-0.1, -0.05) is 0 Å². The van der Waals surface area contributed by atoms with Crippen molar-refractivity contribution in [3.63, 3.8) is 0 Å². The van der Waals surface area contributed by atoms with Gasteiger partial charge in [0.1, 0.15) is 22.2 Å². The van der Waals surface area contributed by atoms with Crippen LogP contribution in [-0.2, 0) is 0 Å². The fourth-order valence-corrected chi connectivity index (χ4v) is 1.73. The molecule has 0 aliphatic rings. The molecule has 3 N–H and O–H groups in total. The van der Waals surface area contributed by atoms with E-state index in [1.54, 1.807) is 12.3 Å². The number of hydrogen-bond acceptors (Lipinski definition) is 6. The third kappa shape index (κ3) is 2.94. The van der Waals surface area contributed by atoms with E-state index in [0.717, 1.165) is 5.76 Å². The first-order chi connectivity index (χ1) is 8.04. The zero-order valence-electron chi connectivity index (χ0n) is 9.44. The van der Waals surface area contributed by atoms with Gasteiger partial charge in [-0.3, -0.25) is 0 Å². The van der Waals surface area contributed by atoms with E-state index in [9.17, 15) is 0 Å². The highest BCUT2D eigenvalue weighted by molar-refractivity contribution is 9.10. The Bertz CT molecular complexity index is 507. The maximum Gasteiger partial charge on any atom is 0.226 e. The number of nitrogens with zero attached hydrogens (tertiary/aromatic N) is 3. The summed E-state index contributed by atoms with van der Waals surface area (Å²) >= 11 is 3.25. The van der Waals surface area contributed by atoms with Crippen LogP contribution in [0.1, 0.15) is 24.6 Å². The Morgan fingerprint density at radius 2 is 2.24 bits per heavy atom. The molecule has 90 valence electrons. The zero-order valence-corrected chi connectivity index (χ0v) is 11.0. The van der Waals surface area contributed by atoms with Crippen molar-refractivity contribution in [2.24, 2.45) is 0 Å². The van der Waals surface area contributed by atoms with Crippen LogP contribution in [0, 0.1) is 6.92 Å². The highest BCUT2D eigenvalue weighted by Crippen LogP contribution is 2.18. The monoisotopic (exact) mass is 297 g/mol. The van der Waals surface area contributed by atoms with Crippen LogP contribution in [0.2, 0.25) is 0 Å². The van der Waals surface area contributed by atoms with Gasteiger partial charge in [-0.05, 0) is 29.8 Å². The Morgan fingerprint density at radius 3 is 2.82 bits per heavy atom. The highest BCUT2D eigenvalue weighted by atomic mass is 79.9. The molecule has 0 bridgehead atoms. The molecule has 7 heteroatoms. The van der Waals surface area contributed by atoms with E-state index in [1.807, 2.05) is 13.8 Å². The topological polar surface area (TPSA) is 89.9 Å². The van der Waals surface area contributed by atoms with Crippen molar-refractivity contribution in [2.75, 3.05) is 11.1 Å². The summed E-state index contributed by atoms with van der Waals surface area (Å²) in [5, 5.41) is 3.06. The molecule has 0 aliphatic heterocycles. The van der Waals surface area contributed by atoms with Crippen molar-refractivity contribution in [3.8, 4) is 0 Å². The number of oxazole rings is 1. The Balaban J connectivity index is 2.15. The minimum atomic E-state index is -0.127. The highest BCUT2D eigenvalue weighted by Gasteiger charge is 2.12. The molecule has 2 aromatic heterocycles. The van der Waals surface area contributed by atoms with Crippen molar-refractivity contribution in [3.05, 3.63) is 28.5 Å². The molecule has 1 unspecified atom stereocenters. The standard InChI is InChI=1S/C10H12BrN5O/c1-5-4-13-9(17-5)6(2)14-10-15-7(11)3-8(12)16-10/h3-4,6H,1-2H3,(H3,12,14,15,16). The maximum absolute atomic E-state index is 5.62. The molecule has 17 heavy (non-hydrogen) atoms.